The molecule has 0 radical (unpaired) electrons. The Morgan fingerprint density at radius 2 is 2.16 bits per heavy atom. The zero-order chi connectivity index (χ0) is 14.5. The lowest BCUT2D eigenvalue weighted by Crippen LogP contribution is -2.53. The van der Waals surface area contributed by atoms with Gasteiger partial charge < -0.3 is 20.4 Å². The monoisotopic (exact) mass is 272 g/mol. The van der Waals surface area contributed by atoms with E-state index in [1.165, 1.54) is 0 Å². The van der Waals surface area contributed by atoms with E-state index in [0.29, 0.717) is 25.9 Å². The highest BCUT2D eigenvalue weighted by atomic mass is 16.4. The van der Waals surface area contributed by atoms with Crippen molar-refractivity contribution in [2.24, 2.45) is 0 Å². The smallest absolute Gasteiger partial charge is 0.317 e. The Bertz CT molecular complexity index is 331. The third kappa shape index (κ3) is 5.46. The molecule has 19 heavy (non-hydrogen) atoms. The molecule has 1 aliphatic heterocycles. The normalized spacial score (nSPS) is 24.9. The maximum Gasteiger partial charge on any atom is 0.317 e. The number of rotatable bonds is 5. The molecular weight excluding hydrogens is 248 g/mol. The molecule has 1 saturated heterocycles. The molecule has 6 nitrogen and oxygen atoms in total. The van der Waals surface area contributed by atoms with E-state index in [2.05, 4.69) is 5.32 Å². The van der Waals surface area contributed by atoms with Gasteiger partial charge in [-0.1, -0.05) is 13.3 Å². The molecule has 0 spiro atoms. The molecule has 1 fully saturated rings. The number of piperidine rings is 1. The fraction of sp³-hybridized carbons (Fsp3) is 0.846. The van der Waals surface area contributed by atoms with Crippen molar-refractivity contribution in [3.8, 4) is 0 Å². The van der Waals surface area contributed by atoms with Gasteiger partial charge in [0.15, 0.2) is 0 Å². The van der Waals surface area contributed by atoms with Crippen molar-refractivity contribution in [1.29, 1.82) is 0 Å². The number of amides is 2. The average Bonchev–Trinajstić information content (AvgIpc) is 2.26. The summed E-state index contributed by atoms with van der Waals surface area (Å²) in [6, 6.07) is -0.624. The van der Waals surface area contributed by atoms with Gasteiger partial charge >= 0.3 is 12.0 Å². The van der Waals surface area contributed by atoms with Gasteiger partial charge in [-0.25, -0.2) is 4.79 Å². The van der Waals surface area contributed by atoms with Gasteiger partial charge in [0, 0.05) is 12.6 Å². The van der Waals surface area contributed by atoms with Crippen LogP contribution in [0.15, 0.2) is 0 Å². The fourth-order valence-corrected chi connectivity index (χ4v) is 2.44. The van der Waals surface area contributed by atoms with Crippen LogP contribution in [0, 0.1) is 0 Å². The van der Waals surface area contributed by atoms with E-state index in [4.69, 9.17) is 5.11 Å². The summed E-state index contributed by atoms with van der Waals surface area (Å²) in [6.45, 7) is 4.57. The van der Waals surface area contributed by atoms with Crippen LogP contribution in [-0.4, -0.2) is 51.8 Å². The van der Waals surface area contributed by atoms with E-state index >= 15 is 0 Å². The Morgan fingerprint density at radius 1 is 1.47 bits per heavy atom. The highest BCUT2D eigenvalue weighted by molar-refractivity contribution is 5.76. The number of carbonyl (C=O) groups is 2. The molecule has 0 aromatic carbocycles. The van der Waals surface area contributed by atoms with E-state index in [-0.39, 0.29) is 18.5 Å². The largest absolute Gasteiger partial charge is 0.481 e. The maximum absolute atomic E-state index is 12.1. The number of β-amino-alcohol motifs (C(OH)–C–C–N with tert-alkyl or cyclic N) is 1. The van der Waals surface area contributed by atoms with Gasteiger partial charge in [-0.15, -0.1) is 0 Å². The van der Waals surface area contributed by atoms with Crippen molar-refractivity contribution < 1.29 is 19.8 Å². The lowest BCUT2D eigenvalue weighted by Gasteiger charge is -2.37. The molecule has 110 valence electrons. The van der Waals surface area contributed by atoms with E-state index in [0.717, 1.165) is 12.8 Å². The molecule has 1 heterocycles. The minimum absolute atomic E-state index is 0.0657. The van der Waals surface area contributed by atoms with Crippen LogP contribution in [0.25, 0.3) is 0 Å². The molecule has 0 aliphatic carbocycles. The molecule has 2 unspecified atom stereocenters. The number of carboxylic acid groups (broad SMARTS) is 1. The number of urea groups is 1. The summed E-state index contributed by atoms with van der Waals surface area (Å²) in [7, 11) is 0. The van der Waals surface area contributed by atoms with Gasteiger partial charge in [-0.3, -0.25) is 4.79 Å². The molecule has 2 atom stereocenters. The lowest BCUT2D eigenvalue weighted by molar-refractivity contribution is -0.137. The van der Waals surface area contributed by atoms with Crippen LogP contribution in [0.4, 0.5) is 4.79 Å². The lowest BCUT2D eigenvalue weighted by atomic mass is 9.95. The van der Waals surface area contributed by atoms with E-state index in [1.807, 2.05) is 6.92 Å². The molecule has 0 aromatic rings. The van der Waals surface area contributed by atoms with Gasteiger partial charge in [-0.2, -0.15) is 0 Å². The van der Waals surface area contributed by atoms with Crippen LogP contribution in [0.3, 0.4) is 0 Å². The first-order chi connectivity index (χ1) is 8.84. The van der Waals surface area contributed by atoms with Gasteiger partial charge in [-0.05, 0) is 26.2 Å². The topological polar surface area (TPSA) is 89.9 Å². The zero-order valence-electron chi connectivity index (χ0n) is 11.7. The Morgan fingerprint density at radius 3 is 2.68 bits per heavy atom. The van der Waals surface area contributed by atoms with Crippen LogP contribution < -0.4 is 5.32 Å². The predicted octanol–water partition coefficient (Wildman–Crippen LogP) is 1.19. The number of aliphatic hydroxyl groups is 1. The zero-order valence-corrected chi connectivity index (χ0v) is 11.7. The van der Waals surface area contributed by atoms with Gasteiger partial charge in [0.05, 0.1) is 18.6 Å². The van der Waals surface area contributed by atoms with E-state index in [1.54, 1.807) is 11.8 Å². The molecule has 6 heteroatoms. The first kappa shape index (κ1) is 15.8. The first-order valence-electron chi connectivity index (χ1n) is 6.83. The van der Waals surface area contributed by atoms with Gasteiger partial charge in [0.2, 0.25) is 0 Å². The van der Waals surface area contributed by atoms with Crippen LogP contribution in [-0.2, 0) is 4.79 Å². The standard InChI is InChI=1S/C13H24N2O4/c1-3-5-10(8-11(16)17)14-12(18)15-7-4-6-13(2,19)9-15/h10,19H,3-9H2,1-2H3,(H,14,18)(H,16,17). The molecule has 0 aromatic heterocycles. The number of carbonyl (C=O) groups excluding carboxylic acids is 1. The Balaban J connectivity index is 2.53. The Kier molecular flexibility index (Phi) is 5.60. The van der Waals surface area contributed by atoms with Crippen molar-refractivity contribution in [3.05, 3.63) is 0 Å². The molecular formula is C13H24N2O4. The fourth-order valence-electron chi connectivity index (χ4n) is 2.44. The molecule has 3 N–H and O–H groups in total. The number of nitrogens with one attached hydrogen (secondary N) is 1. The maximum atomic E-state index is 12.1. The third-order valence-corrected chi connectivity index (χ3v) is 3.35. The summed E-state index contributed by atoms with van der Waals surface area (Å²) in [5.41, 5.74) is -0.845. The van der Waals surface area contributed by atoms with Crippen molar-refractivity contribution >= 4 is 12.0 Å². The second kappa shape index (κ2) is 6.75. The van der Waals surface area contributed by atoms with Crippen LogP contribution in [0.2, 0.25) is 0 Å². The number of hydrogen-bond acceptors (Lipinski definition) is 3. The summed E-state index contributed by atoms with van der Waals surface area (Å²) in [4.78, 5) is 24.4. The Hall–Kier alpha value is -1.30. The van der Waals surface area contributed by atoms with Crippen molar-refractivity contribution in [3.63, 3.8) is 0 Å². The number of likely N-dealkylation sites (tertiary alicyclic amines) is 1. The number of carboxylic acids is 1. The SMILES string of the molecule is CCCC(CC(=O)O)NC(=O)N1CCCC(C)(O)C1. The summed E-state index contributed by atoms with van der Waals surface area (Å²) < 4.78 is 0. The second-order valence-corrected chi connectivity index (χ2v) is 5.56. The highest BCUT2D eigenvalue weighted by Crippen LogP contribution is 2.20. The summed E-state index contributed by atoms with van der Waals surface area (Å²) in [5, 5.41) is 21.5. The van der Waals surface area contributed by atoms with Crippen LogP contribution in [0.5, 0.6) is 0 Å². The van der Waals surface area contributed by atoms with Crippen LogP contribution in [0.1, 0.15) is 46.0 Å². The second-order valence-electron chi connectivity index (χ2n) is 5.56. The quantitative estimate of drug-likeness (QED) is 0.701. The summed E-state index contributed by atoms with van der Waals surface area (Å²) >= 11 is 0. The predicted molar refractivity (Wildman–Crippen MR) is 70.9 cm³/mol. The molecule has 1 aliphatic rings. The van der Waals surface area contributed by atoms with Gasteiger partial charge in [0.25, 0.3) is 0 Å². The van der Waals surface area contributed by atoms with Crippen molar-refractivity contribution in [2.45, 2.75) is 57.6 Å². The minimum Gasteiger partial charge on any atom is -0.481 e. The number of aliphatic carboxylic acids is 1. The average molecular weight is 272 g/mol. The van der Waals surface area contributed by atoms with Crippen molar-refractivity contribution in [1.82, 2.24) is 10.2 Å². The highest BCUT2D eigenvalue weighted by Gasteiger charge is 2.31. The third-order valence-electron chi connectivity index (χ3n) is 3.35. The molecule has 2 amide bonds. The number of hydrogen-bond donors (Lipinski definition) is 3. The van der Waals surface area contributed by atoms with Crippen LogP contribution >= 0.6 is 0 Å². The Labute approximate surface area is 113 Å². The van der Waals surface area contributed by atoms with Gasteiger partial charge in [0.1, 0.15) is 0 Å². The summed E-state index contributed by atoms with van der Waals surface area (Å²) in [5.74, 6) is -0.913. The van der Waals surface area contributed by atoms with Crippen molar-refractivity contribution in [2.75, 3.05) is 13.1 Å². The molecule has 0 bridgehead atoms. The molecule has 0 saturated carbocycles. The van der Waals surface area contributed by atoms with E-state index < -0.39 is 11.6 Å². The minimum atomic E-state index is -0.913. The number of nitrogens with zero attached hydrogens (tertiary/aromatic N) is 1. The first-order valence-corrected chi connectivity index (χ1v) is 6.83. The molecule has 1 rings (SSSR count). The van der Waals surface area contributed by atoms with E-state index in [9.17, 15) is 14.7 Å². The summed E-state index contributed by atoms with van der Waals surface area (Å²) in [6.07, 6.45) is 2.84.